The molecule has 0 bridgehead atoms. The molecule has 0 saturated carbocycles. The maximum absolute atomic E-state index is 12.1. The van der Waals surface area contributed by atoms with Gasteiger partial charge in [-0.3, -0.25) is 19.7 Å². The van der Waals surface area contributed by atoms with E-state index < -0.39 is 27.6 Å². The minimum Gasteiger partial charge on any atom is -0.366 e. The molecule has 0 aliphatic rings. The van der Waals surface area contributed by atoms with Gasteiger partial charge in [-0.15, -0.1) is 11.3 Å². The number of primary amides is 1. The number of nitrogens with one attached hydrogen (secondary N) is 1. The van der Waals surface area contributed by atoms with E-state index in [0.29, 0.717) is 0 Å². The number of nitrogens with two attached hydrogens (primary N) is 1. The van der Waals surface area contributed by atoms with Crippen LogP contribution in [0.4, 0.5) is 10.7 Å². The van der Waals surface area contributed by atoms with Gasteiger partial charge in [0, 0.05) is 6.20 Å². The summed E-state index contributed by atoms with van der Waals surface area (Å²) in [6.07, 6.45) is 1.17. The lowest BCUT2D eigenvalue weighted by atomic mass is 10.2. The number of rotatable bonds is 4. The number of aromatic nitrogens is 1. The standard InChI is InChI=1S/C11H7ClN4O4S/c12-8-7(16(19)20)5(1-3-14-8)10(18)15-11-6(9(13)17)2-4-21-11/h1-4H,(H2,13,17)(H,15,18). The molecule has 0 saturated heterocycles. The van der Waals surface area contributed by atoms with E-state index in [1.54, 1.807) is 5.38 Å². The Bertz CT molecular complexity index is 746. The molecule has 0 unspecified atom stereocenters. The molecule has 2 rings (SSSR count). The number of amides is 2. The summed E-state index contributed by atoms with van der Waals surface area (Å²) in [5, 5.41) is 14.7. The van der Waals surface area contributed by atoms with Gasteiger partial charge in [-0.05, 0) is 17.5 Å². The molecule has 2 amide bonds. The molecule has 0 aliphatic carbocycles. The van der Waals surface area contributed by atoms with Gasteiger partial charge in [0.25, 0.3) is 11.8 Å². The first-order valence-corrected chi connectivity index (χ1v) is 6.65. The number of halogens is 1. The van der Waals surface area contributed by atoms with E-state index in [9.17, 15) is 19.7 Å². The first kappa shape index (κ1) is 14.9. The maximum atomic E-state index is 12.1. The summed E-state index contributed by atoms with van der Waals surface area (Å²) in [4.78, 5) is 37.0. The van der Waals surface area contributed by atoms with E-state index in [1.165, 1.54) is 12.3 Å². The van der Waals surface area contributed by atoms with Crippen LogP contribution in [0.15, 0.2) is 23.7 Å². The molecule has 0 aliphatic heterocycles. The van der Waals surface area contributed by atoms with Gasteiger partial charge in [-0.1, -0.05) is 11.6 Å². The molecular formula is C11H7ClN4O4S. The van der Waals surface area contributed by atoms with Gasteiger partial charge in [0.15, 0.2) is 0 Å². The molecule has 0 aromatic carbocycles. The van der Waals surface area contributed by atoms with Crippen LogP contribution < -0.4 is 11.1 Å². The molecule has 3 N–H and O–H groups in total. The minimum atomic E-state index is -0.798. The summed E-state index contributed by atoms with van der Waals surface area (Å²) >= 11 is 6.70. The van der Waals surface area contributed by atoms with Crippen molar-refractivity contribution in [3.63, 3.8) is 0 Å². The molecule has 10 heteroatoms. The zero-order valence-electron chi connectivity index (χ0n) is 10.2. The van der Waals surface area contributed by atoms with E-state index in [-0.39, 0.29) is 16.1 Å². The van der Waals surface area contributed by atoms with Crippen LogP contribution in [0.3, 0.4) is 0 Å². The molecule has 0 radical (unpaired) electrons. The highest BCUT2D eigenvalue weighted by molar-refractivity contribution is 7.14. The van der Waals surface area contributed by atoms with Crippen LogP contribution in [0.1, 0.15) is 20.7 Å². The number of anilines is 1. The van der Waals surface area contributed by atoms with E-state index in [1.807, 2.05) is 0 Å². The molecule has 2 heterocycles. The maximum Gasteiger partial charge on any atom is 0.319 e. The first-order valence-electron chi connectivity index (χ1n) is 5.39. The minimum absolute atomic E-state index is 0.121. The van der Waals surface area contributed by atoms with Crippen LogP contribution in [0.5, 0.6) is 0 Å². The van der Waals surface area contributed by atoms with Crippen LogP contribution in [0.2, 0.25) is 5.15 Å². The molecule has 0 fully saturated rings. The number of carbonyl (C=O) groups is 2. The first-order chi connectivity index (χ1) is 9.91. The van der Waals surface area contributed by atoms with Crippen molar-refractivity contribution in [1.29, 1.82) is 0 Å². The number of nitrogens with zero attached hydrogens (tertiary/aromatic N) is 2. The van der Waals surface area contributed by atoms with Gasteiger partial charge in [0.2, 0.25) is 5.15 Å². The fraction of sp³-hybridized carbons (Fsp3) is 0. The van der Waals surface area contributed by atoms with Crippen molar-refractivity contribution in [2.75, 3.05) is 5.32 Å². The highest BCUT2D eigenvalue weighted by atomic mass is 35.5. The Morgan fingerprint density at radius 3 is 2.71 bits per heavy atom. The summed E-state index contributed by atoms with van der Waals surface area (Å²) in [5.41, 5.74) is 4.41. The van der Waals surface area contributed by atoms with Crippen LogP contribution in [0, 0.1) is 10.1 Å². The summed E-state index contributed by atoms with van der Waals surface area (Å²) in [7, 11) is 0. The van der Waals surface area contributed by atoms with Gasteiger partial charge in [0.1, 0.15) is 10.6 Å². The van der Waals surface area contributed by atoms with Crippen molar-refractivity contribution in [1.82, 2.24) is 4.98 Å². The van der Waals surface area contributed by atoms with Crippen molar-refractivity contribution in [2.24, 2.45) is 5.73 Å². The number of thiophene rings is 1. The van der Waals surface area contributed by atoms with Crippen molar-refractivity contribution in [3.8, 4) is 0 Å². The number of hydrogen-bond acceptors (Lipinski definition) is 6. The van der Waals surface area contributed by atoms with E-state index >= 15 is 0 Å². The largest absolute Gasteiger partial charge is 0.366 e. The topological polar surface area (TPSA) is 128 Å². The third kappa shape index (κ3) is 2.98. The fourth-order valence-corrected chi connectivity index (χ4v) is 2.57. The third-order valence-electron chi connectivity index (χ3n) is 2.46. The van der Waals surface area contributed by atoms with Crippen molar-refractivity contribution < 1.29 is 14.5 Å². The van der Waals surface area contributed by atoms with Crippen molar-refractivity contribution >= 4 is 45.4 Å². The summed E-state index contributed by atoms with van der Waals surface area (Å²) in [6.45, 7) is 0. The normalized spacial score (nSPS) is 10.1. The Morgan fingerprint density at radius 1 is 1.38 bits per heavy atom. The zero-order valence-corrected chi connectivity index (χ0v) is 11.8. The quantitative estimate of drug-likeness (QED) is 0.504. The monoisotopic (exact) mass is 326 g/mol. The molecule has 2 aromatic heterocycles. The van der Waals surface area contributed by atoms with Gasteiger partial charge < -0.3 is 11.1 Å². The van der Waals surface area contributed by atoms with Crippen LogP contribution in [-0.4, -0.2) is 21.7 Å². The summed E-state index contributed by atoms with van der Waals surface area (Å²) in [5.74, 6) is -1.50. The second-order valence-corrected chi connectivity index (χ2v) is 5.01. The molecule has 21 heavy (non-hydrogen) atoms. The number of nitro groups is 1. The molecule has 2 aromatic rings. The predicted octanol–water partition coefficient (Wildman–Crippen LogP) is 2.06. The third-order valence-corrected chi connectivity index (χ3v) is 3.57. The molecular weight excluding hydrogens is 320 g/mol. The Hall–Kier alpha value is -2.52. The molecule has 0 atom stereocenters. The number of pyridine rings is 1. The average molecular weight is 327 g/mol. The molecule has 8 nitrogen and oxygen atoms in total. The van der Waals surface area contributed by atoms with Crippen molar-refractivity contribution in [3.05, 3.63) is 50.1 Å². The highest BCUT2D eigenvalue weighted by Gasteiger charge is 2.25. The summed E-state index contributed by atoms with van der Waals surface area (Å²) < 4.78 is 0. The van der Waals surface area contributed by atoms with Crippen molar-refractivity contribution in [2.45, 2.75) is 0 Å². The van der Waals surface area contributed by atoms with Gasteiger partial charge in [-0.25, -0.2) is 4.98 Å². The van der Waals surface area contributed by atoms with E-state index in [2.05, 4.69) is 10.3 Å². The molecule has 0 spiro atoms. The van der Waals surface area contributed by atoms with Crippen LogP contribution in [0.25, 0.3) is 0 Å². The van der Waals surface area contributed by atoms with Crippen LogP contribution in [-0.2, 0) is 0 Å². The predicted molar refractivity (Wildman–Crippen MR) is 76.7 cm³/mol. The average Bonchev–Trinajstić information content (AvgIpc) is 2.86. The van der Waals surface area contributed by atoms with Gasteiger partial charge >= 0.3 is 5.69 Å². The van der Waals surface area contributed by atoms with Crippen LogP contribution >= 0.6 is 22.9 Å². The molecule has 108 valence electrons. The lowest BCUT2D eigenvalue weighted by molar-refractivity contribution is -0.385. The van der Waals surface area contributed by atoms with Gasteiger partial charge in [0.05, 0.1) is 10.5 Å². The smallest absolute Gasteiger partial charge is 0.319 e. The second-order valence-electron chi connectivity index (χ2n) is 3.74. The van der Waals surface area contributed by atoms with E-state index in [0.717, 1.165) is 17.4 Å². The number of hydrogen-bond donors (Lipinski definition) is 2. The Labute approximate surface area is 126 Å². The lowest BCUT2D eigenvalue weighted by Gasteiger charge is -2.05. The lowest BCUT2D eigenvalue weighted by Crippen LogP contribution is -2.17. The summed E-state index contributed by atoms with van der Waals surface area (Å²) in [6, 6.07) is 2.60. The highest BCUT2D eigenvalue weighted by Crippen LogP contribution is 2.28. The SMILES string of the molecule is NC(=O)c1ccsc1NC(=O)c1ccnc(Cl)c1[N+](=O)[O-]. The fourth-order valence-electron chi connectivity index (χ4n) is 1.56. The second kappa shape index (κ2) is 5.85. The van der Waals surface area contributed by atoms with E-state index in [4.69, 9.17) is 17.3 Å². The Morgan fingerprint density at radius 2 is 2.10 bits per heavy atom. The Kier molecular flexibility index (Phi) is 4.15. The Balaban J connectivity index is 2.38. The van der Waals surface area contributed by atoms with Gasteiger partial charge in [-0.2, -0.15) is 0 Å². The zero-order chi connectivity index (χ0) is 15.6. The number of carbonyl (C=O) groups excluding carboxylic acids is 2.